The number of hydrogen-bond donors (Lipinski definition) is 1. The van der Waals surface area contributed by atoms with Crippen LogP contribution in [0.2, 0.25) is 0 Å². The van der Waals surface area contributed by atoms with E-state index in [1.165, 1.54) is 11.4 Å². The fourth-order valence-corrected chi connectivity index (χ4v) is 2.62. The molecule has 1 aromatic heterocycles. The molecule has 0 saturated heterocycles. The van der Waals surface area contributed by atoms with Crippen molar-refractivity contribution in [1.82, 2.24) is 14.5 Å². The second-order valence-corrected chi connectivity index (χ2v) is 4.37. The molecule has 1 aliphatic heterocycles. The van der Waals surface area contributed by atoms with Crippen LogP contribution in [0, 0.1) is 0 Å². The van der Waals surface area contributed by atoms with E-state index in [2.05, 4.69) is 35.5 Å². The van der Waals surface area contributed by atoms with Crippen LogP contribution in [-0.4, -0.2) is 34.1 Å². The minimum Gasteiger partial charge on any atom is -0.336 e. The molecule has 0 aliphatic carbocycles. The molecule has 4 heteroatoms. The molecule has 0 spiro atoms. The van der Waals surface area contributed by atoms with Gasteiger partial charge in [0.15, 0.2) is 0 Å². The molecule has 15 heavy (non-hydrogen) atoms. The van der Waals surface area contributed by atoms with E-state index in [4.69, 9.17) is 5.73 Å². The highest BCUT2D eigenvalue weighted by atomic mass is 15.2. The van der Waals surface area contributed by atoms with Gasteiger partial charge in [-0.25, -0.2) is 4.98 Å². The van der Waals surface area contributed by atoms with Crippen molar-refractivity contribution in [1.29, 1.82) is 0 Å². The fourth-order valence-electron chi connectivity index (χ4n) is 2.62. The molecule has 2 rings (SSSR count). The second kappa shape index (κ2) is 3.94. The molecule has 4 nitrogen and oxygen atoms in total. The number of rotatable bonds is 2. The van der Waals surface area contributed by atoms with E-state index in [-0.39, 0.29) is 0 Å². The Labute approximate surface area is 91.1 Å². The summed E-state index contributed by atoms with van der Waals surface area (Å²) in [7, 11) is 4.24. The van der Waals surface area contributed by atoms with Crippen molar-refractivity contribution in [3.05, 3.63) is 17.7 Å². The van der Waals surface area contributed by atoms with Gasteiger partial charge in [-0.15, -0.1) is 0 Å². The molecule has 2 heterocycles. The van der Waals surface area contributed by atoms with Crippen LogP contribution < -0.4 is 5.73 Å². The molecule has 0 saturated carbocycles. The molecule has 1 aliphatic rings. The second-order valence-electron chi connectivity index (χ2n) is 4.37. The van der Waals surface area contributed by atoms with E-state index in [1.807, 2.05) is 6.33 Å². The maximum absolute atomic E-state index is 5.80. The van der Waals surface area contributed by atoms with Crippen LogP contribution in [0.4, 0.5) is 0 Å². The molecule has 0 bridgehead atoms. The Morgan fingerprint density at radius 3 is 2.87 bits per heavy atom. The Hall–Kier alpha value is -0.870. The summed E-state index contributed by atoms with van der Waals surface area (Å²) >= 11 is 0. The lowest BCUT2D eigenvalue weighted by molar-refractivity contribution is 0.148. The van der Waals surface area contributed by atoms with Crippen LogP contribution in [0.15, 0.2) is 6.33 Å². The van der Waals surface area contributed by atoms with Crippen molar-refractivity contribution in [3.8, 4) is 0 Å². The zero-order valence-corrected chi connectivity index (χ0v) is 9.77. The first-order chi connectivity index (χ1) is 7.19. The summed E-state index contributed by atoms with van der Waals surface area (Å²) < 4.78 is 2.15. The first kappa shape index (κ1) is 10.6. The zero-order chi connectivity index (χ0) is 11.0. The molecule has 0 radical (unpaired) electrons. The van der Waals surface area contributed by atoms with Gasteiger partial charge in [0.1, 0.15) is 0 Å². The summed E-state index contributed by atoms with van der Waals surface area (Å²) in [5, 5.41) is 0. The molecule has 2 N–H and O–H groups in total. The number of imidazole rings is 1. The lowest BCUT2D eigenvalue weighted by Gasteiger charge is -2.38. The topological polar surface area (TPSA) is 47.1 Å². The highest BCUT2D eigenvalue weighted by molar-refractivity contribution is 5.22. The third kappa shape index (κ3) is 1.58. The van der Waals surface area contributed by atoms with Crippen LogP contribution in [-0.2, 0) is 13.5 Å². The lowest BCUT2D eigenvalue weighted by Crippen LogP contribution is -2.45. The largest absolute Gasteiger partial charge is 0.336 e. The maximum Gasteiger partial charge on any atom is 0.0949 e. The van der Waals surface area contributed by atoms with Gasteiger partial charge in [-0.3, -0.25) is 4.90 Å². The van der Waals surface area contributed by atoms with Crippen LogP contribution >= 0.6 is 0 Å². The Bertz CT molecular complexity index is 344. The minimum absolute atomic E-state index is 0.442. The molecule has 2 unspecified atom stereocenters. The number of fused-ring (bicyclic) bond motifs is 1. The number of likely N-dealkylation sites (N-methyl/N-ethyl adjacent to an activating group) is 1. The van der Waals surface area contributed by atoms with E-state index in [1.54, 1.807) is 0 Å². The molecule has 1 aromatic rings. The van der Waals surface area contributed by atoms with Crippen molar-refractivity contribution < 1.29 is 0 Å². The van der Waals surface area contributed by atoms with Gasteiger partial charge < -0.3 is 10.3 Å². The molecule has 84 valence electrons. The van der Waals surface area contributed by atoms with Gasteiger partial charge in [0.2, 0.25) is 0 Å². The quantitative estimate of drug-likeness (QED) is 0.777. The number of nitrogens with two attached hydrogens (primary N) is 1. The highest BCUT2D eigenvalue weighted by Crippen LogP contribution is 2.32. The zero-order valence-electron chi connectivity index (χ0n) is 9.77. The van der Waals surface area contributed by atoms with Crippen LogP contribution in [0.25, 0.3) is 0 Å². The van der Waals surface area contributed by atoms with Crippen molar-refractivity contribution in [3.63, 3.8) is 0 Å². The van der Waals surface area contributed by atoms with Crippen molar-refractivity contribution in [2.45, 2.75) is 31.8 Å². The molecule has 0 fully saturated rings. The summed E-state index contributed by atoms with van der Waals surface area (Å²) in [5.74, 6) is 0. The predicted octanol–water partition coefficient (Wildman–Crippen LogP) is 0.686. The minimum atomic E-state index is 0.442. The smallest absolute Gasteiger partial charge is 0.0949 e. The predicted molar refractivity (Wildman–Crippen MR) is 60.5 cm³/mol. The maximum atomic E-state index is 5.80. The van der Waals surface area contributed by atoms with Gasteiger partial charge >= 0.3 is 0 Å². The molecular formula is C11H20N4. The van der Waals surface area contributed by atoms with Crippen LogP contribution in [0.3, 0.4) is 0 Å². The molecule has 2 atom stereocenters. The summed E-state index contributed by atoms with van der Waals surface area (Å²) in [5.41, 5.74) is 8.40. The van der Waals surface area contributed by atoms with E-state index in [9.17, 15) is 0 Å². The summed E-state index contributed by atoms with van der Waals surface area (Å²) in [6.07, 6.45) is 4.01. The highest BCUT2D eigenvalue weighted by Gasteiger charge is 2.32. The third-order valence-electron chi connectivity index (χ3n) is 3.53. The van der Waals surface area contributed by atoms with E-state index in [0.29, 0.717) is 18.6 Å². The van der Waals surface area contributed by atoms with Crippen LogP contribution in [0.1, 0.15) is 30.8 Å². The van der Waals surface area contributed by atoms with Crippen LogP contribution in [0.5, 0.6) is 0 Å². The summed E-state index contributed by atoms with van der Waals surface area (Å²) in [6.45, 7) is 2.93. The monoisotopic (exact) mass is 208 g/mol. The Morgan fingerprint density at radius 2 is 2.27 bits per heavy atom. The lowest BCUT2D eigenvalue weighted by atomic mass is 9.95. The average Bonchev–Trinajstić information content (AvgIpc) is 2.60. The first-order valence-corrected chi connectivity index (χ1v) is 5.61. The number of aryl methyl sites for hydroxylation is 1. The van der Waals surface area contributed by atoms with E-state index < -0.39 is 0 Å². The van der Waals surface area contributed by atoms with Gasteiger partial charge in [-0.2, -0.15) is 0 Å². The van der Waals surface area contributed by atoms with Crippen molar-refractivity contribution in [2.24, 2.45) is 12.8 Å². The molecular weight excluding hydrogens is 188 g/mol. The summed E-state index contributed by atoms with van der Waals surface area (Å²) in [4.78, 5) is 6.86. The fraction of sp³-hybridized carbons (Fsp3) is 0.727. The van der Waals surface area contributed by atoms with Gasteiger partial charge in [0.25, 0.3) is 0 Å². The Kier molecular flexibility index (Phi) is 2.80. The van der Waals surface area contributed by atoms with Gasteiger partial charge in [0.05, 0.1) is 23.8 Å². The SMILES string of the molecule is CCC1c2c(ncn2C)CC(CN)N1C. The number of nitrogens with zero attached hydrogens (tertiary/aromatic N) is 3. The first-order valence-electron chi connectivity index (χ1n) is 5.61. The summed E-state index contributed by atoms with van der Waals surface area (Å²) in [6, 6.07) is 0.909. The van der Waals surface area contributed by atoms with E-state index in [0.717, 1.165) is 12.8 Å². The normalized spacial score (nSPS) is 26.7. The molecule has 0 aromatic carbocycles. The average molecular weight is 208 g/mol. The van der Waals surface area contributed by atoms with Gasteiger partial charge in [-0.05, 0) is 13.5 Å². The van der Waals surface area contributed by atoms with Crippen molar-refractivity contribution >= 4 is 0 Å². The number of hydrogen-bond acceptors (Lipinski definition) is 3. The van der Waals surface area contributed by atoms with Gasteiger partial charge in [-0.1, -0.05) is 6.92 Å². The standard InChI is InChI=1S/C11H20N4/c1-4-10-11-9(13-7-14(11)2)5-8(6-12)15(10)3/h7-8,10H,4-6,12H2,1-3H3. The number of aromatic nitrogens is 2. The van der Waals surface area contributed by atoms with Crippen molar-refractivity contribution in [2.75, 3.05) is 13.6 Å². The third-order valence-corrected chi connectivity index (χ3v) is 3.53. The Morgan fingerprint density at radius 1 is 1.53 bits per heavy atom. The van der Waals surface area contributed by atoms with Gasteiger partial charge in [0, 0.05) is 26.1 Å². The molecule has 0 amide bonds. The Balaban J connectivity index is 2.40. The van der Waals surface area contributed by atoms with E-state index >= 15 is 0 Å².